The van der Waals surface area contributed by atoms with Crippen LogP contribution in [0, 0.1) is 0 Å². The second kappa shape index (κ2) is 3.89. The predicted octanol–water partition coefficient (Wildman–Crippen LogP) is 2.22. The number of hydrogen-bond donors (Lipinski definition) is 1. The predicted molar refractivity (Wildman–Crippen MR) is 65.7 cm³/mol. The molecule has 0 bridgehead atoms. The van der Waals surface area contributed by atoms with E-state index in [2.05, 4.69) is 25.9 Å². The fraction of sp³-hybridized carbons (Fsp3) is 0.0909. The van der Waals surface area contributed by atoms with E-state index in [4.69, 9.17) is 15.2 Å². The van der Waals surface area contributed by atoms with Crippen molar-refractivity contribution >= 4 is 21.7 Å². The maximum atomic E-state index is 5.50. The largest absolute Gasteiger partial charge is 0.454 e. The Balaban J connectivity index is 2.11. The molecular weight excluding hydrogens is 286 g/mol. The quantitative estimate of drug-likeness (QED) is 0.873. The molecular formula is C11H8BrN3O2. The zero-order valence-electron chi connectivity index (χ0n) is 8.68. The first kappa shape index (κ1) is 10.3. The van der Waals surface area contributed by atoms with E-state index in [0.717, 1.165) is 21.5 Å². The highest BCUT2D eigenvalue weighted by Gasteiger charge is 2.17. The summed E-state index contributed by atoms with van der Waals surface area (Å²) in [6, 6.07) is 3.72. The van der Waals surface area contributed by atoms with Crippen LogP contribution in [-0.4, -0.2) is 16.8 Å². The van der Waals surface area contributed by atoms with E-state index >= 15 is 0 Å². The molecule has 5 nitrogen and oxygen atoms in total. The van der Waals surface area contributed by atoms with Crippen molar-refractivity contribution in [3.05, 3.63) is 29.0 Å². The Morgan fingerprint density at radius 3 is 2.59 bits per heavy atom. The standard InChI is InChI=1S/C11H8BrN3O2/c12-7-2-10-9(16-5-17-10)1-6(7)8-3-15-11(13)4-14-8/h1-4H,5H2,(H2,13,15). The van der Waals surface area contributed by atoms with Gasteiger partial charge in [0.1, 0.15) is 5.82 Å². The minimum Gasteiger partial charge on any atom is -0.454 e. The van der Waals surface area contributed by atoms with E-state index in [1.807, 2.05) is 12.1 Å². The molecule has 3 rings (SSSR count). The average molecular weight is 294 g/mol. The van der Waals surface area contributed by atoms with E-state index in [1.165, 1.54) is 6.20 Å². The molecule has 0 radical (unpaired) electrons. The highest BCUT2D eigenvalue weighted by Crippen LogP contribution is 2.40. The normalized spacial score (nSPS) is 12.8. The van der Waals surface area contributed by atoms with E-state index in [9.17, 15) is 0 Å². The number of ether oxygens (including phenoxy) is 2. The lowest BCUT2D eigenvalue weighted by Gasteiger charge is -2.05. The molecule has 0 atom stereocenters. The number of nitrogens with zero attached hydrogens (tertiary/aromatic N) is 2. The Bertz CT molecular complexity index is 572. The van der Waals surface area contributed by atoms with Crippen LogP contribution < -0.4 is 15.2 Å². The number of rotatable bonds is 1. The average Bonchev–Trinajstić information content (AvgIpc) is 2.76. The molecule has 0 aliphatic carbocycles. The van der Waals surface area contributed by atoms with Gasteiger partial charge in [0.05, 0.1) is 18.1 Å². The number of nitrogens with two attached hydrogens (primary N) is 1. The lowest BCUT2D eigenvalue weighted by Crippen LogP contribution is -1.93. The van der Waals surface area contributed by atoms with Crippen LogP contribution in [0.3, 0.4) is 0 Å². The highest BCUT2D eigenvalue weighted by atomic mass is 79.9. The Kier molecular flexibility index (Phi) is 2.36. The zero-order valence-corrected chi connectivity index (χ0v) is 10.3. The third-order valence-corrected chi connectivity index (χ3v) is 3.07. The molecule has 6 heteroatoms. The van der Waals surface area contributed by atoms with E-state index in [0.29, 0.717) is 11.6 Å². The summed E-state index contributed by atoms with van der Waals surface area (Å²) < 4.78 is 11.5. The maximum Gasteiger partial charge on any atom is 0.231 e. The fourth-order valence-corrected chi connectivity index (χ4v) is 2.12. The van der Waals surface area contributed by atoms with Crippen LogP contribution in [0.15, 0.2) is 29.0 Å². The summed E-state index contributed by atoms with van der Waals surface area (Å²) in [5.74, 6) is 1.83. The van der Waals surface area contributed by atoms with Crippen LogP contribution in [0.5, 0.6) is 11.5 Å². The molecule has 1 aliphatic heterocycles. The van der Waals surface area contributed by atoms with Crippen molar-refractivity contribution in [3.8, 4) is 22.8 Å². The van der Waals surface area contributed by atoms with Crippen LogP contribution >= 0.6 is 15.9 Å². The van der Waals surface area contributed by atoms with Gasteiger partial charge in [-0.05, 0) is 28.1 Å². The number of halogens is 1. The van der Waals surface area contributed by atoms with Gasteiger partial charge in [0.15, 0.2) is 11.5 Å². The van der Waals surface area contributed by atoms with Gasteiger partial charge in [0.25, 0.3) is 0 Å². The summed E-state index contributed by atoms with van der Waals surface area (Å²) in [6.07, 6.45) is 3.14. The van der Waals surface area contributed by atoms with Crippen LogP contribution in [0.2, 0.25) is 0 Å². The molecule has 0 spiro atoms. The molecule has 1 aromatic heterocycles. The number of fused-ring (bicyclic) bond motifs is 1. The van der Waals surface area contributed by atoms with Crippen LogP contribution in [-0.2, 0) is 0 Å². The highest BCUT2D eigenvalue weighted by molar-refractivity contribution is 9.10. The number of anilines is 1. The lowest BCUT2D eigenvalue weighted by molar-refractivity contribution is 0.174. The van der Waals surface area contributed by atoms with Crippen LogP contribution in [0.4, 0.5) is 5.82 Å². The minimum atomic E-state index is 0.249. The SMILES string of the molecule is Nc1cnc(-c2cc3c(cc2Br)OCO3)cn1. The van der Waals surface area contributed by atoms with Gasteiger partial charge in [0, 0.05) is 10.0 Å². The van der Waals surface area contributed by atoms with Gasteiger partial charge < -0.3 is 15.2 Å². The van der Waals surface area contributed by atoms with Gasteiger partial charge >= 0.3 is 0 Å². The maximum absolute atomic E-state index is 5.50. The molecule has 2 heterocycles. The smallest absolute Gasteiger partial charge is 0.231 e. The number of hydrogen-bond acceptors (Lipinski definition) is 5. The lowest BCUT2D eigenvalue weighted by atomic mass is 10.1. The Morgan fingerprint density at radius 1 is 1.12 bits per heavy atom. The number of aromatic nitrogens is 2. The van der Waals surface area contributed by atoms with Crippen molar-refractivity contribution in [1.29, 1.82) is 0 Å². The fourth-order valence-electron chi connectivity index (χ4n) is 1.59. The molecule has 1 aromatic carbocycles. The number of nitrogen functional groups attached to an aromatic ring is 1. The molecule has 0 fully saturated rings. The van der Waals surface area contributed by atoms with E-state index in [-0.39, 0.29) is 6.79 Å². The molecule has 2 aromatic rings. The second-order valence-corrected chi connectivity index (χ2v) is 4.37. The molecule has 0 unspecified atom stereocenters. The molecule has 86 valence electrons. The molecule has 0 saturated heterocycles. The molecule has 17 heavy (non-hydrogen) atoms. The van der Waals surface area contributed by atoms with Gasteiger partial charge in [-0.15, -0.1) is 0 Å². The van der Waals surface area contributed by atoms with Gasteiger partial charge in [-0.1, -0.05) is 0 Å². The molecule has 2 N–H and O–H groups in total. The first-order valence-corrected chi connectivity index (χ1v) is 5.70. The Labute approximate surface area is 106 Å². The van der Waals surface area contributed by atoms with Crippen LogP contribution in [0.25, 0.3) is 11.3 Å². The summed E-state index contributed by atoms with van der Waals surface area (Å²) in [4.78, 5) is 8.23. The third kappa shape index (κ3) is 1.80. The van der Waals surface area contributed by atoms with Gasteiger partial charge in [-0.25, -0.2) is 4.98 Å². The van der Waals surface area contributed by atoms with Crippen molar-refractivity contribution < 1.29 is 9.47 Å². The Hall–Kier alpha value is -1.82. The molecule has 1 aliphatic rings. The van der Waals surface area contributed by atoms with Crippen molar-refractivity contribution in [3.63, 3.8) is 0 Å². The Morgan fingerprint density at radius 2 is 1.88 bits per heavy atom. The topological polar surface area (TPSA) is 70.3 Å². The summed E-state index contributed by atoms with van der Waals surface area (Å²) in [5.41, 5.74) is 7.12. The molecule has 0 amide bonds. The summed E-state index contributed by atoms with van der Waals surface area (Å²) in [5, 5.41) is 0. The summed E-state index contributed by atoms with van der Waals surface area (Å²) in [6.45, 7) is 0.249. The van der Waals surface area contributed by atoms with Gasteiger partial charge in [-0.2, -0.15) is 0 Å². The first-order valence-electron chi connectivity index (χ1n) is 4.91. The molecule has 0 saturated carbocycles. The zero-order chi connectivity index (χ0) is 11.8. The second-order valence-electron chi connectivity index (χ2n) is 3.51. The van der Waals surface area contributed by atoms with Crippen molar-refractivity contribution in [2.45, 2.75) is 0 Å². The third-order valence-electron chi connectivity index (χ3n) is 2.41. The van der Waals surface area contributed by atoms with Crippen LogP contribution in [0.1, 0.15) is 0 Å². The summed E-state index contributed by atoms with van der Waals surface area (Å²) in [7, 11) is 0. The van der Waals surface area contributed by atoms with Crippen molar-refractivity contribution in [1.82, 2.24) is 9.97 Å². The minimum absolute atomic E-state index is 0.249. The monoisotopic (exact) mass is 293 g/mol. The van der Waals surface area contributed by atoms with Crippen molar-refractivity contribution in [2.75, 3.05) is 12.5 Å². The van der Waals surface area contributed by atoms with E-state index in [1.54, 1.807) is 6.20 Å². The first-order chi connectivity index (χ1) is 8.24. The van der Waals surface area contributed by atoms with Crippen molar-refractivity contribution in [2.24, 2.45) is 0 Å². The van der Waals surface area contributed by atoms with Gasteiger partial charge in [0.2, 0.25) is 6.79 Å². The number of benzene rings is 1. The van der Waals surface area contributed by atoms with E-state index < -0.39 is 0 Å². The van der Waals surface area contributed by atoms with Gasteiger partial charge in [-0.3, -0.25) is 4.98 Å². The summed E-state index contributed by atoms with van der Waals surface area (Å²) >= 11 is 3.47.